The van der Waals surface area contributed by atoms with Gasteiger partial charge in [0.15, 0.2) is 5.78 Å². The van der Waals surface area contributed by atoms with Gasteiger partial charge in [-0.25, -0.2) is 0 Å². The lowest BCUT2D eigenvalue weighted by Gasteiger charge is -2.48. The Bertz CT molecular complexity index is 367. The van der Waals surface area contributed by atoms with Gasteiger partial charge in [0, 0.05) is 17.6 Å². The van der Waals surface area contributed by atoms with Crippen LogP contribution in [0.15, 0.2) is 30.3 Å². The van der Waals surface area contributed by atoms with Gasteiger partial charge in [-0.2, -0.15) is 0 Å². The van der Waals surface area contributed by atoms with E-state index in [0.29, 0.717) is 12.1 Å². The molecule has 0 aliphatic carbocycles. The Labute approximate surface area is 97.3 Å². The molecule has 0 aromatic heterocycles. The van der Waals surface area contributed by atoms with Gasteiger partial charge >= 0.3 is 0 Å². The van der Waals surface area contributed by atoms with Crippen molar-refractivity contribution in [1.82, 2.24) is 4.90 Å². The summed E-state index contributed by atoms with van der Waals surface area (Å²) in [5.41, 5.74) is 0.838. The second-order valence-corrected chi connectivity index (χ2v) is 4.87. The Balaban J connectivity index is 2.13. The fraction of sp³-hybridized carbons (Fsp3) is 0.500. The second-order valence-electron chi connectivity index (χ2n) is 4.87. The lowest BCUT2D eigenvalue weighted by atomic mass is 9.86. The van der Waals surface area contributed by atoms with Crippen molar-refractivity contribution in [3.63, 3.8) is 0 Å². The topological polar surface area (TPSA) is 20.3 Å². The van der Waals surface area contributed by atoms with Crippen LogP contribution >= 0.6 is 0 Å². The first-order valence-electron chi connectivity index (χ1n) is 5.98. The lowest BCUT2D eigenvalue weighted by molar-refractivity contribution is 0.00413. The summed E-state index contributed by atoms with van der Waals surface area (Å²) in [5, 5.41) is 0. The zero-order valence-electron chi connectivity index (χ0n) is 10.2. The summed E-state index contributed by atoms with van der Waals surface area (Å²) >= 11 is 0. The van der Waals surface area contributed by atoms with Gasteiger partial charge in [0.2, 0.25) is 0 Å². The number of carbonyl (C=O) groups is 1. The van der Waals surface area contributed by atoms with E-state index in [1.807, 2.05) is 30.3 Å². The molecule has 1 heterocycles. The van der Waals surface area contributed by atoms with Crippen LogP contribution in [0, 0.1) is 0 Å². The molecule has 2 rings (SSSR count). The molecule has 0 spiro atoms. The van der Waals surface area contributed by atoms with Crippen molar-refractivity contribution in [2.24, 2.45) is 0 Å². The van der Waals surface area contributed by atoms with Crippen molar-refractivity contribution in [3.8, 4) is 0 Å². The van der Waals surface area contributed by atoms with E-state index in [-0.39, 0.29) is 11.8 Å². The molecule has 1 aliphatic heterocycles. The van der Waals surface area contributed by atoms with Crippen LogP contribution in [-0.2, 0) is 0 Å². The number of Topliss-reactive ketones (excluding diaryl/α,β-unsaturated/α-hetero) is 1. The SMILES string of the molecule is CC(C)N1C(C)CC1C(=O)c1ccccc1. The van der Waals surface area contributed by atoms with Crippen molar-refractivity contribution in [2.75, 3.05) is 0 Å². The molecule has 86 valence electrons. The Morgan fingerprint density at radius 1 is 1.31 bits per heavy atom. The first-order valence-corrected chi connectivity index (χ1v) is 5.98. The summed E-state index contributed by atoms with van der Waals surface area (Å²) in [6.07, 6.45) is 0.992. The predicted octanol–water partition coefficient (Wildman–Crippen LogP) is 2.74. The van der Waals surface area contributed by atoms with Crippen LogP contribution in [0.1, 0.15) is 37.6 Å². The van der Waals surface area contributed by atoms with Crippen molar-refractivity contribution in [3.05, 3.63) is 35.9 Å². The fourth-order valence-electron chi connectivity index (χ4n) is 2.64. The normalized spacial score (nSPS) is 25.5. The summed E-state index contributed by atoms with van der Waals surface area (Å²) in [5.74, 6) is 0.271. The van der Waals surface area contributed by atoms with Gasteiger partial charge in [0.05, 0.1) is 6.04 Å². The molecule has 0 amide bonds. The van der Waals surface area contributed by atoms with Crippen molar-refractivity contribution >= 4 is 5.78 Å². The van der Waals surface area contributed by atoms with Crippen LogP contribution < -0.4 is 0 Å². The molecule has 0 saturated carbocycles. The molecule has 0 radical (unpaired) electrons. The summed E-state index contributed by atoms with van der Waals surface area (Å²) in [4.78, 5) is 14.5. The van der Waals surface area contributed by atoms with Crippen LogP contribution in [-0.4, -0.2) is 28.8 Å². The third-order valence-electron chi connectivity index (χ3n) is 3.39. The monoisotopic (exact) mass is 217 g/mol. The van der Waals surface area contributed by atoms with Gasteiger partial charge in [-0.15, -0.1) is 0 Å². The number of ketones is 1. The highest BCUT2D eigenvalue weighted by atomic mass is 16.1. The van der Waals surface area contributed by atoms with E-state index in [4.69, 9.17) is 0 Å². The summed E-state index contributed by atoms with van der Waals surface area (Å²) in [6.45, 7) is 6.50. The minimum Gasteiger partial charge on any atom is -0.292 e. The highest BCUT2D eigenvalue weighted by molar-refractivity contribution is 6.00. The molecule has 16 heavy (non-hydrogen) atoms. The molecule has 1 aromatic carbocycles. The number of hydrogen-bond acceptors (Lipinski definition) is 2. The van der Waals surface area contributed by atoms with E-state index >= 15 is 0 Å². The molecule has 2 nitrogen and oxygen atoms in total. The van der Waals surface area contributed by atoms with E-state index in [1.165, 1.54) is 0 Å². The maximum atomic E-state index is 12.2. The quantitative estimate of drug-likeness (QED) is 0.726. The highest BCUT2D eigenvalue weighted by Gasteiger charge is 2.41. The number of nitrogens with zero attached hydrogens (tertiary/aromatic N) is 1. The Kier molecular flexibility index (Phi) is 3.10. The standard InChI is InChI=1S/C14H19NO/c1-10(2)15-11(3)9-13(15)14(16)12-7-5-4-6-8-12/h4-8,10-11,13H,9H2,1-3H3. The molecule has 2 heteroatoms. The molecule has 2 atom stereocenters. The number of carbonyl (C=O) groups excluding carboxylic acids is 1. The van der Waals surface area contributed by atoms with Crippen LogP contribution in [0.25, 0.3) is 0 Å². The van der Waals surface area contributed by atoms with Crippen LogP contribution in [0.5, 0.6) is 0 Å². The molecule has 0 bridgehead atoms. The predicted molar refractivity (Wildman–Crippen MR) is 65.6 cm³/mol. The number of rotatable bonds is 3. The van der Waals surface area contributed by atoms with Crippen LogP contribution in [0.2, 0.25) is 0 Å². The Morgan fingerprint density at radius 3 is 2.44 bits per heavy atom. The molecule has 1 saturated heterocycles. The summed E-state index contributed by atoms with van der Waals surface area (Å²) in [6, 6.07) is 10.7. The van der Waals surface area contributed by atoms with E-state index in [9.17, 15) is 4.79 Å². The van der Waals surface area contributed by atoms with Gasteiger partial charge in [-0.3, -0.25) is 9.69 Å². The summed E-state index contributed by atoms with van der Waals surface area (Å²) in [7, 11) is 0. The summed E-state index contributed by atoms with van der Waals surface area (Å²) < 4.78 is 0. The number of benzene rings is 1. The molecular formula is C14H19NO. The molecule has 2 unspecified atom stereocenters. The van der Waals surface area contributed by atoms with Crippen LogP contribution in [0.3, 0.4) is 0 Å². The van der Waals surface area contributed by atoms with Gasteiger partial charge < -0.3 is 0 Å². The van der Waals surface area contributed by atoms with E-state index < -0.39 is 0 Å². The Hall–Kier alpha value is -1.15. The first kappa shape index (κ1) is 11.3. The molecule has 0 N–H and O–H groups in total. The first-order chi connectivity index (χ1) is 7.61. The fourth-order valence-corrected chi connectivity index (χ4v) is 2.64. The lowest BCUT2D eigenvalue weighted by Crippen LogP contribution is -2.60. The van der Waals surface area contributed by atoms with E-state index in [2.05, 4.69) is 25.7 Å². The highest BCUT2D eigenvalue weighted by Crippen LogP contribution is 2.30. The molecule has 1 fully saturated rings. The van der Waals surface area contributed by atoms with E-state index in [0.717, 1.165) is 12.0 Å². The Morgan fingerprint density at radius 2 is 1.94 bits per heavy atom. The zero-order valence-corrected chi connectivity index (χ0v) is 10.2. The van der Waals surface area contributed by atoms with Crippen molar-refractivity contribution < 1.29 is 4.79 Å². The third-order valence-corrected chi connectivity index (χ3v) is 3.39. The van der Waals surface area contributed by atoms with Gasteiger partial charge in [-0.05, 0) is 27.2 Å². The van der Waals surface area contributed by atoms with Crippen molar-refractivity contribution in [2.45, 2.75) is 45.3 Å². The van der Waals surface area contributed by atoms with Crippen molar-refractivity contribution in [1.29, 1.82) is 0 Å². The maximum Gasteiger partial charge on any atom is 0.180 e. The molecule has 1 aromatic rings. The maximum absolute atomic E-state index is 12.2. The van der Waals surface area contributed by atoms with Crippen LogP contribution in [0.4, 0.5) is 0 Å². The smallest absolute Gasteiger partial charge is 0.180 e. The number of hydrogen-bond donors (Lipinski definition) is 0. The van der Waals surface area contributed by atoms with Gasteiger partial charge in [-0.1, -0.05) is 30.3 Å². The average Bonchev–Trinajstić information content (AvgIpc) is 2.25. The zero-order chi connectivity index (χ0) is 11.7. The minimum absolute atomic E-state index is 0.0948. The average molecular weight is 217 g/mol. The van der Waals surface area contributed by atoms with E-state index in [1.54, 1.807) is 0 Å². The third kappa shape index (κ3) is 1.90. The second kappa shape index (κ2) is 4.38. The largest absolute Gasteiger partial charge is 0.292 e. The number of likely N-dealkylation sites (tertiary alicyclic amines) is 1. The molecule has 1 aliphatic rings. The minimum atomic E-state index is 0.0948. The molecular weight excluding hydrogens is 198 g/mol. The van der Waals surface area contributed by atoms with Gasteiger partial charge in [0.25, 0.3) is 0 Å². The van der Waals surface area contributed by atoms with Gasteiger partial charge in [0.1, 0.15) is 0 Å².